The van der Waals surface area contributed by atoms with Crippen molar-refractivity contribution >= 4 is 34.8 Å². The van der Waals surface area contributed by atoms with Gasteiger partial charge in [-0.25, -0.2) is 4.79 Å². The van der Waals surface area contributed by atoms with Crippen LogP contribution in [0.25, 0.3) is 0 Å². The van der Waals surface area contributed by atoms with E-state index in [1.165, 1.54) is 19.2 Å². The number of carbonyl (C=O) groups is 2. The lowest BCUT2D eigenvalue weighted by Gasteiger charge is -2.08. The smallest absolute Gasteiger partial charge is 0.341 e. The maximum atomic E-state index is 11.6. The summed E-state index contributed by atoms with van der Waals surface area (Å²) in [7, 11) is 1.30. The van der Waals surface area contributed by atoms with Gasteiger partial charge in [0.1, 0.15) is 11.3 Å². The number of methoxy groups -OCH3 is 1. The van der Waals surface area contributed by atoms with Gasteiger partial charge in [0.2, 0.25) is 0 Å². The molecule has 1 heterocycles. The van der Waals surface area contributed by atoms with Crippen LogP contribution in [0.4, 0.5) is 0 Å². The van der Waals surface area contributed by atoms with Crippen LogP contribution in [0, 0.1) is 3.57 Å². The molecule has 0 saturated carbocycles. The standard InChI is InChI=1S/C13H9IO5/c1-17-13(16)10-6-8(14)2-4-11(10)19-12-5-3-9(7-15)18-12/h2-7H,1H3. The first-order chi connectivity index (χ1) is 9.13. The number of carbonyl (C=O) groups excluding carboxylic acids is 2. The molecule has 0 spiro atoms. The molecule has 1 aromatic heterocycles. The lowest BCUT2D eigenvalue weighted by atomic mass is 10.2. The Labute approximate surface area is 122 Å². The van der Waals surface area contributed by atoms with Gasteiger partial charge in [-0.1, -0.05) is 0 Å². The van der Waals surface area contributed by atoms with Crippen LogP contribution in [0.1, 0.15) is 20.9 Å². The Morgan fingerprint density at radius 1 is 1.32 bits per heavy atom. The van der Waals surface area contributed by atoms with Gasteiger partial charge in [-0.3, -0.25) is 4.79 Å². The molecule has 0 aliphatic carbocycles. The van der Waals surface area contributed by atoms with Gasteiger partial charge in [-0.05, 0) is 46.9 Å². The molecule has 0 bridgehead atoms. The second kappa shape index (κ2) is 5.87. The number of benzene rings is 1. The number of esters is 1. The molecule has 0 amide bonds. The SMILES string of the molecule is COC(=O)c1cc(I)ccc1Oc1ccc(C=O)o1. The minimum Gasteiger partial charge on any atom is -0.465 e. The third-order valence-corrected chi connectivity index (χ3v) is 2.95. The highest BCUT2D eigenvalue weighted by Crippen LogP contribution is 2.28. The third kappa shape index (κ3) is 3.14. The largest absolute Gasteiger partial charge is 0.465 e. The summed E-state index contributed by atoms with van der Waals surface area (Å²) in [4.78, 5) is 22.2. The van der Waals surface area contributed by atoms with E-state index in [0.29, 0.717) is 17.6 Å². The van der Waals surface area contributed by atoms with Crippen LogP contribution in [-0.4, -0.2) is 19.4 Å². The average molecular weight is 372 g/mol. The topological polar surface area (TPSA) is 65.7 Å². The van der Waals surface area contributed by atoms with Gasteiger partial charge in [-0.2, -0.15) is 0 Å². The van der Waals surface area contributed by atoms with Crippen LogP contribution in [0.5, 0.6) is 11.7 Å². The van der Waals surface area contributed by atoms with Crippen LogP contribution in [0.2, 0.25) is 0 Å². The van der Waals surface area contributed by atoms with Crippen LogP contribution >= 0.6 is 22.6 Å². The molecule has 1 aromatic carbocycles. The van der Waals surface area contributed by atoms with Crippen molar-refractivity contribution in [2.24, 2.45) is 0 Å². The number of hydrogen-bond donors (Lipinski definition) is 0. The molecule has 0 aliphatic rings. The van der Waals surface area contributed by atoms with Gasteiger partial charge in [-0.15, -0.1) is 0 Å². The molecule has 19 heavy (non-hydrogen) atoms. The molecule has 0 N–H and O–H groups in total. The molecule has 0 radical (unpaired) electrons. The van der Waals surface area contributed by atoms with E-state index < -0.39 is 5.97 Å². The van der Waals surface area contributed by atoms with Crippen molar-refractivity contribution in [3.8, 4) is 11.7 Å². The molecular weight excluding hydrogens is 363 g/mol. The number of furan rings is 1. The van der Waals surface area contributed by atoms with Gasteiger partial charge in [0.25, 0.3) is 5.95 Å². The van der Waals surface area contributed by atoms with Crippen LogP contribution in [0.3, 0.4) is 0 Å². The summed E-state index contributed by atoms with van der Waals surface area (Å²) in [5.74, 6) is 0.0864. The van der Waals surface area contributed by atoms with Crippen molar-refractivity contribution in [1.29, 1.82) is 0 Å². The first-order valence-electron chi connectivity index (χ1n) is 5.25. The Hall–Kier alpha value is -1.83. The van der Waals surface area contributed by atoms with E-state index in [1.54, 1.807) is 18.2 Å². The van der Waals surface area contributed by atoms with E-state index in [2.05, 4.69) is 27.3 Å². The molecule has 2 rings (SSSR count). The van der Waals surface area contributed by atoms with Crippen molar-refractivity contribution in [3.05, 3.63) is 45.2 Å². The van der Waals surface area contributed by atoms with Crippen LogP contribution in [0.15, 0.2) is 34.7 Å². The van der Waals surface area contributed by atoms with Crippen LogP contribution in [-0.2, 0) is 4.74 Å². The average Bonchev–Trinajstić information content (AvgIpc) is 2.87. The van der Waals surface area contributed by atoms with E-state index in [4.69, 9.17) is 9.15 Å². The Kier molecular flexibility index (Phi) is 4.20. The first kappa shape index (κ1) is 13.6. The van der Waals surface area contributed by atoms with E-state index >= 15 is 0 Å². The van der Waals surface area contributed by atoms with Gasteiger partial charge in [0, 0.05) is 9.64 Å². The summed E-state index contributed by atoms with van der Waals surface area (Å²) < 4.78 is 16.1. The molecule has 0 atom stereocenters. The lowest BCUT2D eigenvalue weighted by Crippen LogP contribution is -2.04. The summed E-state index contributed by atoms with van der Waals surface area (Å²) in [5, 5.41) is 0. The normalized spacial score (nSPS) is 10.0. The predicted molar refractivity (Wildman–Crippen MR) is 74.7 cm³/mol. The fraction of sp³-hybridized carbons (Fsp3) is 0.0769. The number of hydrogen-bond acceptors (Lipinski definition) is 5. The maximum Gasteiger partial charge on any atom is 0.341 e. The second-order valence-corrected chi connectivity index (χ2v) is 4.75. The summed E-state index contributed by atoms with van der Waals surface area (Å²) in [6.45, 7) is 0. The summed E-state index contributed by atoms with van der Waals surface area (Å²) in [6, 6.07) is 8.05. The fourth-order valence-electron chi connectivity index (χ4n) is 1.42. The first-order valence-corrected chi connectivity index (χ1v) is 6.32. The zero-order valence-electron chi connectivity index (χ0n) is 9.88. The summed E-state index contributed by atoms with van der Waals surface area (Å²) in [6.07, 6.45) is 0.571. The minimum atomic E-state index is -0.504. The zero-order valence-corrected chi connectivity index (χ0v) is 12.0. The molecule has 6 heteroatoms. The molecule has 0 fully saturated rings. The Bertz CT molecular complexity index is 617. The Morgan fingerprint density at radius 3 is 2.74 bits per heavy atom. The predicted octanol–water partition coefficient (Wildman–Crippen LogP) is 3.28. The van der Waals surface area contributed by atoms with Crippen molar-refractivity contribution < 1.29 is 23.5 Å². The fourth-order valence-corrected chi connectivity index (χ4v) is 1.91. The maximum absolute atomic E-state index is 11.6. The van der Waals surface area contributed by atoms with Crippen molar-refractivity contribution in [3.63, 3.8) is 0 Å². The van der Waals surface area contributed by atoms with Crippen molar-refractivity contribution in [1.82, 2.24) is 0 Å². The molecule has 0 aliphatic heterocycles. The molecule has 0 unspecified atom stereocenters. The highest BCUT2D eigenvalue weighted by molar-refractivity contribution is 14.1. The van der Waals surface area contributed by atoms with Crippen molar-refractivity contribution in [2.45, 2.75) is 0 Å². The van der Waals surface area contributed by atoms with E-state index in [-0.39, 0.29) is 11.7 Å². The van der Waals surface area contributed by atoms with E-state index in [1.807, 2.05) is 0 Å². The third-order valence-electron chi connectivity index (χ3n) is 2.28. The molecule has 5 nitrogen and oxygen atoms in total. The molecule has 98 valence electrons. The van der Waals surface area contributed by atoms with E-state index in [0.717, 1.165) is 3.57 Å². The van der Waals surface area contributed by atoms with Gasteiger partial charge >= 0.3 is 5.97 Å². The quantitative estimate of drug-likeness (QED) is 0.468. The summed E-state index contributed by atoms with van der Waals surface area (Å²) >= 11 is 2.08. The summed E-state index contributed by atoms with van der Waals surface area (Å²) in [5.41, 5.74) is 0.290. The van der Waals surface area contributed by atoms with Gasteiger partial charge in [0.05, 0.1) is 7.11 Å². The van der Waals surface area contributed by atoms with Crippen LogP contribution < -0.4 is 4.74 Å². The monoisotopic (exact) mass is 372 g/mol. The second-order valence-electron chi connectivity index (χ2n) is 3.51. The molecule has 0 saturated heterocycles. The number of halogens is 1. The molecule has 2 aromatic rings. The number of rotatable bonds is 4. The highest BCUT2D eigenvalue weighted by atomic mass is 127. The Balaban J connectivity index is 2.33. The number of ether oxygens (including phenoxy) is 2. The Morgan fingerprint density at radius 2 is 2.11 bits per heavy atom. The zero-order chi connectivity index (χ0) is 13.8. The van der Waals surface area contributed by atoms with E-state index in [9.17, 15) is 9.59 Å². The van der Waals surface area contributed by atoms with Crippen molar-refractivity contribution in [2.75, 3.05) is 7.11 Å². The number of aldehydes is 1. The minimum absolute atomic E-state index is 0.133. The highest BCUT2D eigenvalue weighted by Gasteiger charge is 2.15. The van der Waals surface area contributed by atoms with Gasteiger partial charge in [0.15, 0.2) is 12.0 Å². The molecular formula is C13H9IO5. The van der Waals surface area contributed by atoms with Gasteiger partial charge < -0.3 is 13.9 Å². The lowest BCUT2D eigenvalue weighted by molar-refractivity contribution is 0.0597.